The smallest absolute Gasteiger partial charge is 0.225 e. The molecule has 104 valence electrons. The van der Waals surface area contributed by atoms with Crippen LogP contribution in [0.2, 0.25) is 0 Å². The number of nitrogens with zero attached hydrogens (tertiary/aromatic N) is 3. The van der Waals surface area contributed by atoms with E-state index in [4.69, 9.17) is 10.00 Å². The Balaban J connectivity index is 1.86. The number of hydrogen-bond donors (Lipinski definition) is 0. The molecule has 4 nitrogen and oxygen atoms in total. The minimum absolute atomic E-state index is 0.423. The number of benzene rings is 1. The van der Waals surface area contributed by atoms with Gasteiger partial charge in [0, 0.05) is 4.88 Å². The normalized spacial score (nSPS) is 10.5. The molecule has 0 radical (unpaired) electrons. The van der Waals surface area contributed by atoms with Crippen LogP contribution in [0.1, 0.15) is 21.6 Å². The van der Waals surface area contributed by atoms with Crippen molar-refractivity contribution in [2.24, 2.45) is 0 Å². The lowest BCUT2D eigenvalue weighted by Crippen LogP contribution is -1.98. The molecular weight excluding hydrogens is 282 g/mol. The Hall–Kier alpha value is -2.45. The van der Waals surface area contributed by atoms with Gasteiger partial charge in [-0.3, -0.25) is 0 Å². The van der Waals surface area contributed by atoms with Crippen molar-refractivity contribution < 1.29 is 4.74 Å². The summed E-state index contributed by atoms with van der Waals surface area (Å²) >= 11 is 1.65. The number of thiophene rings is 1. The van der Waals surface area contributed by atoms with E-state index in [0.29, 0.717) is 18.1 Å². The second-order valence-corrected chi connectivity index (χ2v) is 5.94. The molecular formula is C16H13N3OS. The molecule has 0 N–H and O–H groups in total. The minimum Gasteiger partial charge on any atom is -0.472 e. The van der Waals surface area contributed by atoms with Gasteiger partial charge in [-0.2, -0.15) is 5.26 Å². The third kappa shape index (κ3) is 2.58. The Morgan fingerprint density at radius 2 is 1.95 bits per heavy atom. The van der Waals surface area contributed by atoms with Gasteiger partial charge >= 0.3 is 0 Å². The number of aryl methyl sites for hydroxylation is 2. The third-order valence-corrected chi connectivity index (χ3v) is 4.50. The van der Waals surface area contributed by atoms with Crippen LogP contribution in [-0.2, 0) is 6.61 Å². The van der Waals surface area contributed by atoms with Gasteiger partial charge in [0.15, 0.2) is 0 Å². The van der Waals surface area contributed by atoms with Crippen molar-refractivity contribution in [3.63, 3.8) is 0 Å². The van der Waals surface area contributed by atoms with E-state index in [0.717, 1.165) is 15.8 Å². The Morgan fingerprint density at radius 3 is 2.67 bits per heavy atom. The molecule has 1 aromatic carbocycles. The summed E-state index contributed by atoms with van der Waals surface area (Å²) < 4.78 is 5.85. The standard InChI is InChI=1S/C16H13N3OS/c1-10-11(2)21-16-14(10)15(18-9-19-16)20-8-13-5-3-12(7-17)4-6-13/h3-6,9H,8H2,1-2H3. The maximum atomic E-state index is 8.79. The first-order chi connectivity index (χ1) is 10.2. The van der Waals surface area contributed by atoms with Crippen LogP contribution >= 0.6 is 11.3 Å². The molecule has 3 rings (SSSR count). The van der Waals surface area contributed by atoms with Crippen LogP contribution in [0, 0.1) is 25.2 Å². The largest absolute Gasteiger partial charge is 0.472 e. The van der Waals surface area contributed by atoms with Gasteiger partial charge in [-0.05, 0) is 37.1 Å². The lowest BCUT2D eigenvalue weighted by atomic mass is 10.1. The van der Waals surface area contributed by atoms with Crippen molar-refractivity contribution in [2.45, 2.75) is 20.5 Å². The van der Waals surface area contributed by atoms with Crippen molar-refractivity contribution in [3.8, 4) is 11.9 Å². The fourth-order valence-corrected chi connectivity index (χ4v) is 3.07. The summed E-state index contributed by atoms with van der Waals surface area (Å²) in [5, 5.41) is 9.78. The average Bonchev–Trinajstić information content (AvgIpc) is 2.81. The monoisotopic (exact) mass is 295 g/mol. The fourth-order valence-electron chi connectivity index (χ4n) is 2.09. The molecule has 0 saturated heterocycles. The molecule has 0 aliphatic heterocycles. The van der Waals surface area contributed by atoms with E-state index in [1.54, 1.807) is 23.5 Å². The van der Waals surface area contributed by atoms with Crippen LogP contribution < -0.4 is 4.74 Å². The van der Waals surface area contributed by atoms with Crippen molar-refractivity contribution in [1.29, 1.82) is 5.26 Å². The molecule has 0 bridgehead atoms. The molecule has 0 unspecified atom stereocenters. The van der Waals surface area contributed by atoms with Crippen molar-refractivity contribution in [2.75, 3.05) is 0 Å². The van der Waals surface area contributed by atoms with Crippen LogP contribution in [0.5, 0.6) is 5.88 Å². The second kappa shape index (κ2) is 5.51. The van der Waals surface area contributed by atoms with Gasteiger partial charge in [-0.15, -0.1) is 11.3 Å². The van der Waals surface area contributed by atoms with Gasteiger partial charge in [0.1, 0.15) is 17.8 Å². The number of nitriles is 1. The van der Waals surface area contributed by atoms with Gasteiger partial charge in [0.05, 0.1) is 17.0 Å². The maximum absolute atomic E-state index is 8.79. The highest BCUT2D eigenvalue weighted by atomic mass is 32.1. The summed E-state index contributed by atoms with van der Waals surface area (Å²) in [6.07, 6.45) is 1.53. The quantitative estimate of drug-likeness (QED) is 0.738. The molecule has 2 aromatic heterocycles. The van der Waals surface area contributed by atoms with Crippen molar-refractivity contribution in [1.82, 2.24) is 9.97 Å². The number of aromatic nitrogens is 2. The number of hydrogen-bond acceptors (Lipinski definition) is 5. The molecule has 5 heteroatoms. The van der Waals surface area contributed by atoms with Crippen molar-refractivity contribution >= 4 is 21.6 Å². The maximum Gasteiger partial charge on any atom is 0.225 e. The predicted octanol–water partition coefficient (Wildman–Crippen LogP) is 3.76. The van der Waals surface area contributed by atoms with Crippen LogP contribution in [0.3, 0.4) is 0 Å². The van der Waals surface area contributed by atoms with Crippen LogP contribution in [0.15, 0.2) is 30.6 Å². The summed E-state index contributed by atoms with van der Waals surface area (Å²) in [6, 6.07) is 9.46. The second-order valence-electron chi connectivity index (χ2n) is 4.74. The molecule has 0 amide bonds. The molecule has 0 saturated carbocycles. The topological polar surface area (TPSA) is 58.8 Å². The fraction of sp³-hybridized carbons (Fsp3) is 0.188. The first kappa shape index (κ1) is 13.5. The number of fused-ring (bicyclic) bond motifs is 1. The molecule has 0 aliphatic carbocycles. The van der Waals surface area contributed by atoms with E-state index in [1.807, 2.05) is 12.1 Å². The zero-order chi connectivity index (χ0) is 14.8. The van der Waals surface area contributed by atoms with Crippen LogP contribution in [-0.4, -0.2) is 9.97 Å². The van der Waals surface area contributed by atoms with Gasteiger partial charge in [0.25, 0.3) is 0 Å². The first-order valence-corrected chi connectivity index (χ1v) is 7.33. The third-order valence-electron chi connectivity index (χ3n) is 3.39. The zero-order valence-electron chi connectivity index (χ0n) is 11.8. The molecule has 0 spiro atoms. The zero-order valence-corrected chi connectivity index (χ0v) is 12.6. The van der Waals surface area contributed by atoms with E-state index >= 15 is 0 Å². The Bertz CT molecular complexity index is 831. The van der Waals surface area contributed by atoms with E-state index in [2.05, 4.69) is 29.9 Å². The highest BCUT2D eigenvalue weighted by Gasteiger charge is 2.12. The number of rotatable bonds is 3. The first-order valence-electron chi connectivity index (χ1n) is 6.51. The van der Waals surface area contributed by atoms with Gasteiger partial charge in [-0.1, -0.05) is 12.1 Å². The Labute approximate surface area is 126 Å². The Morgan fingerprint density at radius 1 is 1.19 bits per heavy atom. The average molecular weight is 295 g/mol. The lowest BCUT2D eigenvalue weighted by Gasteiger charge is -2.07. The Kier molecular flexibility index (Phi) is 3.55. The summed E-state index contributed by atoms with van der Waals surface area (Å²) in [4.78, 5) is 10.7. The van der Waals surface area contributed by atoms with Crippen LogP contribution in [0.25, 0.3) is 10.2 Å². The van der Waals surface area contributed by atoms with Gasteiger partial charge in [-0.25, -0.2) is 9.97 Å². The number of ether oxygens (including phenoxy) is 1. The molecule has 0 fully saturated rings. The highest BCUT2D eigenvalue weighted by molar-refractivity contribution is 7.18. The summed E-state index contributed by atoms with van der Waals surface area (Å²) in [5.41, 5.74) is 2.82. The van der Waals surface area contributed by atoms with Gasteiger partial charge < -0.3 is 4.74 Å². The summed E-state index contributed by atoms with van der Waals surface area (Å²) in [5.74, 6) is 0.617. The van der Waals surface area contributed by atoms with E-state index in [1.165, 1.54) is 16.8 Å². The molecule has 2 heterocycles. The van der Waals surface area contributed by atoms with Gasteiger partial charge in [0.2, 0.25) is 5.88 Å². The lowest BCUT2D eigenvalue weighted by molar-refractivity contribution is 0.297. The van der Waals surface area contributed by atoms with Crippen molar-refractivity contribution in [3.05, 3.63) is 52.2 Å². The predicted molar refractivity (Wildman–Crippen MR) is 82.4 cm³/mol. The highest BCUT2D eigenvalue weighted by Crippen LogP contribution is 2.33. The molecule has 3 aromatic rings. The molecule has 21 heavy (non-hydrogen) atoms. The molecule has 0 atom stereocenters. The van der Waals surface area contributed by atoms with E-state index in [-0.39, 0.29) is 0 Å². The summed E-state index contributed by atoms with van der Waals surface area (Å²) in [7, 11) is 0. The SMILES string of the molecule is Cc1sc2ncnc(OCc3ccc(C#N)cc3)c2c1C. The van der Waals surface area contributed by atoms with E-state index in [9.17, 15) is 0 Å². The van der Waals surface area contributed by atoms with E-state index < -0.39 is 0 Å². The van der Waals surface area contributed by atoms with Crippen LogP contribution in [0.4, 0.5) is 0 Å². The molecule has 0 aliphatic rings. The summed E-state index contributed by atoms with van der Waals surface area (Å²) in [6.45, 7) is 4.56. The minimum atomic E-state index is 0.423.